The molecule has 1 unspecified atom stereocenters. The highest BCUT2D eigenvalue weighted by molar-refractivity contribution is 5.32. The summed E-state index contributed by atoms with van der Waals surface area (Å²) < 4.78 is 13.2. The first kappa shape index (κ1) is 13.3. The number of hydrogen-bond donors (Lipinski definition) is 1. The van der Waals surface area contributed by atoms with Crippen LogP contribution in [0.1, 0.15) is 17.2 Å². The van der Waals surface area contributed by atoms with Crippen LogP contribution in [0, 0.1) is 5.82 Å². The summed E-state index contributed by atoms with van der Waals surface area (Å²) in [5.41, 5.74) is 2.38. The van der Waals surface area contributed by atoms with E-state index in [1.807, 2.05) is 18.2 Å². The minimum Gasteiger partial charge on any atom is -0.314 e. The van der Waals surface area contributed by atoms with Crippen molar-refractivity contribution in [2.24, 2.45) is 0 Å². The predicted molar refractivity (Wildman–Crippen MR) is 79.1 cm³/mol. The van der Waals surface area contributed by atoms with Crippen LogP contribution >= 0.6 is 0 Å². The summed E-state index contributed by atoms with van der Waals surface area (Å²) >= 11 is 0. The van der Waals surface area contributed by atoms with E-state index in [9.17, 15) is 4.39 Å². The van der Waals surface area contributed by atoms with Crippen molar-refractivity contribution >= 4 is 0 Å². The van der Waals surface area contributed by atoms with Gasteiger partial charge in [-0.05, 0) is 30.3 Å². The Labute approximate surface area is 119 Å². The molecule has 0 amide bonds. The van der Waals surface area contributed by atoms with Crippen LogP contribution < -0.4 is 5.32 Å². The van der Waals surface area contributed by atoms with Crippen molar-refractivity contribution in [1.29, 1.82) is 0 Å². The minimum atomic E-state index is -0.187. The lowest BCUT2D eigenvalue weighted by atomic mass is 9.95. The lowest BCUT2D eigenvalue weighted by molar-refractivity contribution is 0.146. The monoisotopic (exact) mass is 270 g/mol. The van der Waals surface area contributed by atoms with Crippen molar-refractivity contribution in [2.75, 3.05) is 20.1 Å². The molecule has 2 aromatic carbocycles. The van der Waals surface area contributed by atoms with E-state index >= 15 is 0 Å². The number of nitrogens with one attached hydrogen (secondary N) is 1. The second-order valence-corrected chi connectivity index (χ2v) is 5.34. The summed E-state index contributed by atoms with van der Waals surface area (Å²) in [6.45, 7) is 2.03. The van der Waals surface area contributed by atoms with Gasteiger partial charge in [0.2, 0.25) is 0 Å². The Morgan fingerprint density at radius 1 is 1.00 bits per heavy atom. The second-order valence-electron chi connectivity index (χ2n) is 5.34. The molecule has 3 heteroatoms. The first-order valence-electron chi connectivity index (χ1n) is 6.99. The van der Waals surface area contributed by atoms with E-state index in [0.717, 1.165) is 18.7 Å². The van der Waals surface area contributed by atoms with E-state index in [4.69, 9.17) is 0 Å². The van der Waals surface area contributed by atoms with E-state index in [0.29, 0.717) is 6.04 Å². The number of halogens is 1. The normalized spacial score (nSPS) is 16.9. The molecule has 1 aliphatic rings. The van der Waals surface area contributed by atoms with Gasteiger partial charge in [-0.25, -0.2) is 4.39 Å². The van der Waals surface area contributed by atoms with Crippen LogP contribution in [0.2, 0.25) is 0 Å². The molecule has 1 fully saturated rings. The number of nitrogens with zero attached hydrogens (tertiary/aromatic N) is 1. The van der Waals surface area contributed by atoms with Crippen LogP contribution in [-0.4, -0.2) is 31.1 Å². The average Bonchev–Trinajstić information content (AvgIpc) is 2.41. The van der Waals surface area contributed by atoms with Gasteiger partial charge in [0, 0.05) is 19.1 Å². The smallest absolute Gasteiger partial charge is 0.123 e. The van der Waals surface area contributed by atoms with E-state index < -0.39 is 0 Å². The van der Waals surface area contributed by atoms with Gasteiger partial charge < -0.3 is 5.32 Å². The highest BCUT2D eigenvalue weighted by Crippen LogP contribution is 2.29. The highest BCUT2D eigenvalue weighted by atomic mass is 19.1. The summed E-state index contributed by atoms with van der Waals surface area (Å²) in [5, 5.41) is 3.31. The molecule has 0 bridgehead atoms. The third kappa shape index (κ3) is 2.60. The Hall–Kier alpha value is -1.71. The molecular weight excluding hydrogens is 251 g/mol. The predicted octanol–water partition coefficient (Wildman–Crippen LogP) is 2.82. The molecule has 3 rings (SSSR count). The third-order valence-corrected chi connectivity index (χ3v) is 4.04. The number of rotatable bonds is 4. The Kier molecular flexibility index (Phi) is 3.81. The van der Waals surface area contributed by atoms with Crippen LogP contribution in [0.5, 0.6) is 0 Å². The minimum absolute atomic E-state index is 0.170. The molecular formula is C17H19FN2. The van der Waals surface area contributed by atoms with E-state index in [2.05, 4.69) is 41.5 Å². The molecule has 0 aromatic heterocycles. The SMILES string of the molecule is CN(C1CNC1)C(c1ccccc1)c1ccc(F)cc1. The topological polar surface area (TPSA) is 15.3 Å². The Balaban J connectivity index is 1.96. The van der Waals surface area contributed by atoms with Gasteiger partial charge in [0.15, 0.2) is 0 Å². The molecule has 0 radical (unpaired) electrons. The molecule has 1 saturated heterocycles. The van der Waals surface area contributed by atoms with Gasteiger partial charge in [0.05, 0.1) is 6.04 Å². The number of benzene rings is 2. The quantitative estimate of drug-likeness (QED) is 0.919. The maximum Gasteiger partial charge on any atom is 0.123 e. The first-order chi connectivity index (χ1) is 9.75. The maximum atomic E-state index is 13.2. The largest absolute Gasteiger partial charge is 0.314 e. The molecule has 0 spiro atoms. The molecule has 1 heterocycles. The molecule has 1 atom stereocenters. The van der Waals surface area contributed by atoms with Crippen LogP contribution in [0.25, 0.3) is 0 Å². The summed E-state index contributed by atoms with van der Waals surface area (Å²) in [4.78, 5) is 2.37. The lowest BCUT2D eigenvalue weighted by Gasteiger charge is -2.41. The van der Waals surface area contributed by atoms with E-state index in [-0.39, 0.29) is 11.9 Å². The standard InChI is InChI=1S/C17H19FN2/c1-20(16-11-19-12-16)17(13-5-3-2-4-6-13)14-7-9-15(18)10-8-14/h2-10,16-17,19H,11-12H2,1H3. The lowest BCUT2D eigenvalue weighted by Crippen LogP contribution is -2.56. The summed E-state index contributed by atoms with van der Waals surface area (Å²) in [5.74, 6) is -0.187. The molecule has 0 aliphatic carbocycles. The van der Waals surface area contributed by atoms with Crippen molar-refractivity contribution in [3.63, 3.8) is 0 Å². The zero-order valence-electron chi connectivity index (χ0n) is 11.6. The van der Waals surface area contributed by atoms with Gasteiger partial charge in [0.1, 0.15) is 5.82 Å². The number of hydrogen-bond acceptors (Lipinski definition) is 2. The molecule has 2 aromatic rings. The van der Waals surface area contributed by atoms with Gasteiger partial charge in [-0.1, -0.05) is 42.5 Å². The summed E-state index contributed by atoms with van der Waals surface area (Å²) in [6, 6.07) is 18.0. The fourth-order valence-corrected chi connectivity index (χ4v) is 2.72. The van der Waals surface area contributed by atoms with Gasteiger partial charge in [0.25, 0.3) is 0 Å². The molecule has 1 aliphatic heterocycles. The Morgan fingerprint density at radius 3 is 2.15 bits per heavy atom. The van der Waals surface area contributed by atoms with Crippen LogP contribution in [0.4, 0.5) is 4.39 Å². The zero-order chi connectivity index (χ0) is 13.9. The fraction of sp³-hybridized carbons (Fsp3) is 0.294. The summed E-state index contributed by atoms with van der Waals surface area (Å²) in [7, 11) is 2.15. The van der Waals surface area contributed by atoms with E-state index in [1.54, 1.807) is 0 Å². The van der Waals surface area contributed by atoms with Gasteiger partial charge in [-0.15, -0.1) is 0 Å². The van der Waals surface area contributed by atoms with Gasteiger partial charge in [-0.3, -0.25) is 4.90 Å². The summed E-state index contributed by atoms with van der Waals surface area (Å²) in [6.07, 6.45) is 0. The highest BCUT2D eigenvalue weighted by Gasteiger charge is 2.29. The van der Waals surface area contributed by atoms with Crippen molar-refractivity contribution in [1.82, 2.24) is 10.2 Å². The van der Waals surface area contributed by atoms with Gasteiger partial charge >= 0.3 is 0 Å². The van der Waals surface area contributed by atoms with Crippen molar-refractivity contribution < 1.29 is 4.39 Å². The molecule has 2 nitrogen and oxygen atoms in total. The second kappa shape index (κ2) is 5.73. The molecule has 104 valence electrons. The molecule has 0 saturated carbocycles. The molecule has 1 N–H and O–H groups in total. The van der Waals surface area contributed by atoms with Gasteiger partial charge in [-0.2, -0.15) is 0 Å². The van der Waals surface area contributed by atoms with Crippen molar-refractivity contribution in [3.8, 4) is 0 Å². The van der Waals surface area contributed by atoms with Crippen LogP contribution in [0.15, 0.2) is 54.6 Å². The first-order valence-corrected chi connectivity index (χ1v) is 6.99. The zero-order valence-corrected chi connectivity index (χ0v) is 11.6. The third-order valence-electron chi connectivity index (χ3n) is 4.04. The number of likely N-dealkylation sites (N-methyl/N-ethyl adjacent to an activating group) is 1. The Bertz CT molecular complexity index is 549. The van der Waals surface area contributed by atoms with Crippen LogP contribution in [0.3, 0.4) is 0 Å². The fourth-order valence-electron chi connectivity index (χ4n) is 2.72. The van der Waals surface area contributed by atoms with Crippen molar-refractivity contribution in [2.45, 2.75) is 12.1 Å². The van der Waals surface area contributed by atoms with E-state index in [1.165, 1.54) is 17.7 Å². The average molecular weight is 270 g/mol. The molecule has 20 heavy (non-hydrogen) atoms. The maximum absolute atomic E-state index is 13.2. The van der Waals surface area contributed by atoms with Crippen LogP contribution in [-0.2, 0) is 0 Å². The Morgan fingerprint density at radius 2 is 1.60 bits per heavy atom. The van der Waals surface area contributed by atoms with Crippen molar-refractivity contribution in [3.05, 3.63) is 71.5 Å².